The average molecular weight is 446 g/mol. The highest BCUT2D eigenvalue weighted by atomic mass is 16.5. The summed E-state index contributed by atoms with van der Waals surface area (Å²) in [7, 11) is 3.46. The summed E-state index contributed by atoms with van der Waals surface area (Å²) in [6.45, 7) is 6.07. The van der Waals surface area contributed by atoms with Crippen LogP contribution in [0.5, 0.6) is 6.01 Å². The van der Waals surface area contributed by atoms with Crippen molar-refractivity contribution in [3.05, 3.63) is 48.4 Å². The van der Waals surface area contributed by atoms with Crippen molar-refractivity contribution in [2.45, 2.75) is 25.9 Å². The molecule has 9 heteroatoms. The van der Waals surface area contributed by atoms with Gasteiger partial charge in [0.1, 0.15) is 0 Å². The molecule has 1 fully saturated rings. The number of methoxy groups -OCH3 is 1. The van der Waals surface area contributed by atoms with Gasteiger partial charge in [-0.3, -0.25) is 4.79 Å². The summed E-state index contributed by atoms with van der Waals surface area (Å²) in [5, 5.41) is 7.37. The van der Waals surface area contributed by atoms with Crippen LogP contribution in [-0.2, 0) is 7.05 Å². The standard InChI is InChI=1S/C24H27N7O2/c1-14-11-31(12-15(2)27-14)20-8-6-17(22-18(20)10-25-24(29-22)33-4)23(32)28-16-5-7-21-19(9-16)26-13-30(21)3/h5-10,13-15,27H,11-12H2,1-4H3,(H,28,32)/t14-,15-/m0/s1. The molecule has 2 atom stereocenters. The summed E-state index contributed by atoms with van der Waals surface area (Å²) >= 11 is 0. The molecule has 5 rings (SSSR count). The molecule has 0 spiro atoms. The lowest BCUT2D eigenvalue weighted by Gasteiger charge is -2.38. The van der Waals surface area contributed by atoms with Gasteiger partial charge in [0.15, 0.2) is 0 Å². The number of nitrogens with zero attached hydrogens (tertiary/aromatic N) is 5. The monoisotopic (exact) mass is 445 g/mol. The number of carbonyl (C=O) groups excluding carboxylic acids is 1. The van der Waals surface area contributed by atoms with E-state index in [4.69, 9.17) is 4.74 Å². The van der Waals surface area contributed by atoms with Gasteiger partial charge in [-0.15, -0.1) is 0 Å². The Bertz CT molecular complexity index is 1340. The molecule has 1 aliphatic rings. The number of nitrogens with one attached hydrogen (secondary N) is 2. The summed E-state index contributed by atoms with van der Waals surface area (Å²) in [4.78, 5) is 28.9. The van der Waals surface area contributed by atoms with E-state index in [0.29, 0.717) is 28.9 Å². The van der Waals surface area contributed by atoms with Crippen molar-refractivity contribution >= 4 is 39.2 Å². The molecule has 0 bridgehead atoms. The van der Waals surface area contributed by atoms with Crippen molar-refractivity contribution in [3.63, 3.8) is 0 Å². The molecule has 4 aromatic rings. The normalized spacial score (nSPS) is 18.6. The van der Waals surface area contributed by atoms with Gasteiger partial charge >= 0.3 is 6.01 Å². The lowest BCUT2D eigenvalue weighted by atomic mass is 10.0. The highest BCUT2D eigenvalue weighted by Gasteiger charge is 2.24. The third kappa shape index (κ3) is 3.95. The smallest absolute Gasteiger partial charge is 0.316 e. The number of ether oxygens (including phenoxy) is 1. The number of amides is 1. The zero-order valence-electron chi connectivity index (χ0n) is 19.2. The zero-order valence-corrected chi connectivity index (χ0v) is 19.2. The van der Waals surface area contributed by atoms with Crippen LogP contribution in [0.4, 0.5) is 11.4 Å². The molecule has 3 heterocycles. The molecule has 0 unspecified atom stereocenters. The number of fused-ring (bicyclic) bond motifs is 2. The third-order valence-electron chi connectivity index (χ3n) is 6.01. The topological polar surface area (TPSA) is 97.2 Å². The maximum absolute atomic E-state index is 13.3. The number of hydrogen-bond donors (Lipinski definition) is 2. The van der Waals surface area contributed by atoms with Gasteiger partial charge < -0.3 is 24.8 Å². The van der Waals surface area contributed by atoms with Crippen LogP contribution in [0.1, 0.15) is 24.2 Å². The van der Waals surface area contributed by atoms with Crippen molar-refractivity contribution < 1.29 is 9.53 Å². The lowest BCUT2D eigenvalue weighted by molar-refractivity contribution is 0.102. The molecule has 2 aromatic heterocycles. The van der Waals surface area contributed by atoms with E-state index >= 15 is 0 Å². The highest BCUT2D eigenvalue weighted by Crippen LogP contribution is 2.31. The van der Waals surface area contributed by atoms with Crippen molar-refractivity contribution in [1.82, 2.24) is 24.8 Å². The van der Waals surface area contributed by atoms with Crippen LogP contribution in [0.2, 0.25) is 0 Å². The number of rotatable bonds is 4. The first-order chi connectivity index (χ1) is 15.9. The van der Waals surface area contributed by atoms with E-state index in [-0.39, 0.29) is 11.9 Å². The van der Waals surface area contributed by atoms with E-state index in [2.05, 4.69) is 44.3 Å². The summed E-state index contributed by atoms with van der Waals surface area (Å²) in [5.41, 5.74) is 4.54. The second-order valence-corrected chi connectivity index (χ2v) is 8.64. The van der Waals surface area contributed by atoms with Crippen molar-refractivity contribution in [2.24, 2.45) is 7.05 Å². The molecule has 2 N–H and O–H groups in total. The van der Waals surface area contributed by atoms with E-state index < -0.39 is 0 Å². The maximum Gasteiger partial charge on any atom is 0.316 e. The molecule has 9 nitrogen and oxygen atoms in total. The van der Waals surface area contributed by atoms with Crippen LogP contribution in [0.25, 0.3) is 21.9 Å². The first-order valence-electron chi connectivity index (χ1n) is 11.0. The first kappa shape index (κ1) is 21.1. The molecule has 1 aliphatic heterocycles. The van der Waals surface area contributed by atoms with Gasteiger partial charge in [-0.1, -0.05) is 0 Å². The summed E-state index contributed by atoms with van der Waals surface area (Å²) in [6.07, 6.45) is 3.49. The molecular formula is C24H27N7O2. The largest absolute Gasteiger partial charge is 0.467 e. The number of carbonyl (C=O) groups is 1. The lowest BCUT2D eigenvalue weighted by Crippen LogP contribution is -2.54. The Morgan fingerprint density at radius 3 is 2.70 bits per heavy atom. The summed E-state index contributed by atoms with van der Waals surface area (Å²) in [6, 6.07) is 10.4. The number of anilines is 2. The fourth-order valence-corrected chi connectivity index (χ4v) is 4.58. The molecule has 1 amide bonds. The molecule has 33 heavy (non-hydrogen) atoms. The van der Waals surface area contributed by atoms with Crippen LogP contribution in [-0.4, -0.2) is 57.7 Å². The minimum absolute atomic E-state index is 0.227. The average Bonchev–Trinajstić information content (AvgIpc) is 3.17. The van der Waals surface area contributed by atoms with Crippen molar-refractivity contribution in [1.29, 1.82) is 0 Å². The summed E-state index contributed by atoms with van der Waals surface area (Å²) < 4.78 is 7.20. The first-order valence-corrected chi connectivity index (χ1v) is 11.0. The quantitative estimate of drug-likeness (QED) is 0.498. The third-order valence-corrected chi connectivity index (χ3v) is 6.01. The molecule has 170 valence electrons. The van der Waals surface area contributed by atoms with Crippen LogP contribution >= 0.6 is 0 Å². The number of aryl methyl sites for hydroxylation is 1. The number of piperazine rings is 1. The second-order valence-electron chi connectivity index (χ2n) is 8.64. The van der Waals surface area contributed by atoms with E-state index in [9.17, 15) is 4.79 Å². The van der Waals surface area contributed by atoms with Crippen molar-refractivity contribution in [2.75, 3.05) is 30.4 Å². The van der Waals surface area contributed by atoms with E-state index in [0.717, 1.165) is 35.2 Å². The number of imidazole rings is 1. The van der Waals surface area contributed by atoms with E-state index in [1.54, 1.807) is 12.5 Å². The van der Waals surface area contributed by atoms with Crippen LogP contribution in [0.3, 0.4) is 0 Å². The Morgan fingerprint density at radius 2 is 1.94 bits per heavy atom. The Kier molecular flexibility index (Phi) is 5.33. The predicted octanol–water partition coefficient (Wildman–Crippen LogP) is 2.96. The Balaban J connectivity index is 1.53. The second kappa shape index (κ2) is 8.32. The zero-order chi connectivity index (χ0) is 23.1. The van der Waals surface area contributed by atoms with E-state index in [1.807, 2.05) is 41.9 Å². The molecule has 0 radical (unpaired) electrons. The van der Waals surface area contributed by atoms with Crippen LogP contribution in [0.15, 0.2) is 42.9 Å². The van der Waals surface area contributed by atoms with Gasteiger partial charge in [-0.25, -0.2) is 9.97 Å². The van der Waals surface area contributed by atoms with Gasteiger partial charge in [-0.2, -0.15) is 4.98 Å². The molecule has 1 saturated heterocycles. The Hall–Kier alpha value is -3.72. The van der Waals surface area contributed by atoms with Gasteiger partial charge in [0.05, 0.1) is 35.6 Å². The summed E-state index contributed by atoms with van der Waals surface area (Å²) in [5.74, 6) is -0.246. The Labute approximate surface area is 191 Å². The fraction of sp³-hybridized carbons (Fsp3) is 0.333. The number of benzene rings is 2. The van der Waals surface area contributed by atoms with E-state index in [1.165, 1.54) is 7.11 Å². The predicted molar refractivity (Wildman–Crippen MR) is 129 cm³/mol. The van der Waals surface area contributed by atoms with Gasteiger partial charge in [0, 0.05) is 55.2 Å². The fourth-order valence-electron chi connectivity index (χ4n) is 4.58. The minimum atomic E-state index is -0.246. The van der Waals surface area contributed by atoms with Gasteiger partial charge in [-0.05, 0) is 44.2 Å². The van der Waals surface area contributed by atoms with Crippen LogP contribution < -0.4 is 20.3 Å². The van der Waals surface area contributed by atoms with Crippen LogP contribution in [0, 0.1) is 0 Å². The van der Waals surface area contributed by atoms with Gasteiger partial charge in [0.2, 0.25) is 0 Å². The number of hydrogen-bond acceptors (Lipinski definition) is 7. The van der Waals surface area contributed by atoms with Crippen molar-refractivity contribution in [3.8, 4) is 6.01 Å². The SMILES string of the molecule is COc1ncc2c(N3C[C@H](C)N[C@@H](C)C3)ccc(C(=O)Nc3ccc4c(c3)ncn4C)c2n1. The molecule has 0 saturated carbocycles. The maximum atomic E-state index is 13.3. The molecular weight excluding hydrogens is 418 g/mol. The molecule has 0 aliphatic carbocycles. The Morgan fingerprint density at radius 1 is 1.15 bits per heavy atom. The minimum Gasteiger partial charge on any atom is -0.467 e. The number of aromatic nitrogens is 4. The molecule has 2 aromatic carbocycles. The highest BCUT2D eigenvalue weighted by molar-refractivity contribution is 6.14. The van der Waals surface area contributed by atoms with Gasteiger partial charge in [0.25, 0.3) is 5.91 Å².